The fraction of sp³-hybridized carbons (Fsp3) is 0.227. The van der Waals surface area contributed by atoms with Gasteiger partial charge in [0, 0.05) is 24.2 Å². The van der Waals surface area contributed by atoms with Crippen LogP contribution in [0, 0.1) is 11.3 Å². The van der Waals surface area contributed by atoms with Crippen molar-refractivity contribution in [2.24, 2.45) is 0 Å². The van der Waals surface area contributed by atoms with Gasteiger partial charge in [0.15, 0.2) is 0 Å². The maximum atomic E-state index is 12.0. The highest BCUT2D eigenvalue weighted by atomic mass is 16.5. The van der Waals surface area contributed by atoms with Crippen LogP contribution in [-0.2, 0) is 4.74 Å². The molecule has 2 heterocycles. The van der Waals surface area contributed by atoms with Crippen LogP contribution < -0.4 is 4.74 Å². The number of nitriles is 1. The summed E-state index contributed by atoms with van der Waals surface area (Å²) in [7, 11) is 0. The molecule has 2 aromatic heterocycles. The van der Waals surface area contributed by atoms with Crippen molar-refractivity contribution < 1.29 is 14.3 Å². The molecule has 28 heavy (non-hydrogen) atoms. The first-order valence-electron chi connectivity index (χ1n) is 9.04. The summed E-state index contributed by atoms with van der Waals surface area (Å²) in [6.45, 7) is 5.99. The van der Waals surface area contributed by atoms with E-state index in [-0.39, 0.29) is 6.10 Å². The molecule has 3 aromatic rings. The Hall–Kier alpha value is -3.59. The lowest BCUT2D eigenvalue weighted by atomic mass is 10.1. The van der Waals surface area contributed by atoms with Gasteiger partial charge in [-0.15, -0.1) is 0 Å². The van der Waals surface area contributed by atoms with Crippen molar-refractivity contribution in [1.29, 1.82) is 5.26 Å². The highest BCUT2D eigenvalue weighted by Crippen LogP contribution is 2.29. The van der Waals surface area contributed by atoms with Gasteiger partial charge in [0.2, 0.25) is 0 Å². The molecule has 6 heteroatoms. The third kappa shape index (κ3) is 4.21. The Morgan fingerprint density at radius 2 is 2.07 bits per heavy atom. The zero-order chi connectivity index (χ0) is 20.1. The summed E-state index contributed by atoms with van der Waals surface area (Å²) in [5.74, 6) is 0.868. The second-order valence-electron chi connectivity index (χ2n) is 6.42. The first kappa shape index (κ1) is 19.2. The molecule has 0 radical (unpaired) electrons. The Balaban J connectivity index is 1.99. The summed E-state index contributed by atoms with van der Waals surface area (Å²) < 4.78 is 12.5. The first-order valence-corrected chi connectivity index (χ1v) is 9.04. The van der Waals surface area contributed by atoms with Gasteiger partial charge in [-0.3, -0.25) is 0 Å². The number of pyridine rings is 1. The Bertz CT molecular complexity index is 1030. The van der Waals surface area contributed by atoms with Crippen molar-refractivity contribution in [2.45, 2.75) is 26.9 Å². The minimum Gasteiger partial charge on any atom is -0.491 e. The normalized spacial score (nSPS) is 10.5. The topological polar surface area (TPSA) is 77.1 Å². The summed E-state index contributed by atoms with van der Waals surface area (Å²) in [5, 5.41) is 9.58. The van der Waals surface area contributed by atoms with Gasteiger partial charge >= 0.3 is 5.97 Å². The summed E-state index contributed by atoms with van der Waals surface area (Å²) in [5.41, 5.74) is 2.55. The molecule has 0 aliphatic rings. The maximum Gasteiger partial charge on any atom is 0.338 e. The van der Waals surface area contributed by atoms with E-state index in [0.29, 0.717) is 23.6 Å². The molecular weight excluding hydrogens is 354 g/mol. The van der Waals surface area contributed by atoms with E-state index in [1.54, 1.807) is 36.0 Å². The quantitative estimate of drug-likeness (QED) is 0.598. The molecular formula is C22H21N3O3. The van der Waals surface area contributed by atoms with E-state index < -0.39 is 5.97 Å². The van der Waals surface area contributed by atoms with Crippen LogP contribution >= 0.6 is 0 Å². The van der Waals surface area contributed by atoms with Gasteiger partial charge in [0.25, 0.3) is 0 Å². The second-order valence-corrected chi connectivity index (χ2v) is 6.42. The molecule has 0 saturated carbocycles. The fourth-order valence-electron chi connectivity index (χ4n) is 2.82. The number of ether oxygens (including phenoxy) is 2. The molecule has 0 bridgehead atoms. The molecule has 0 spiro atoms. The van der Waals surface area contributed by atoms with Crippen LogP contribution in [0.5, 0.6) is 5.75 Å². The molecule has 0 unspecified atom stereocenters. The summed E-state index contributed by atoms with van der Waals surface area (Å²) >= 11 is 0. The predicted molar refractivity (Wildman–Crippen MR) is 105 cm³/mol. The highest BCUT2D eigenvalue weighted by molar-refractivity contribution is 5.89. The maximum absolute atomic E-state index is 12.0. The zero-order valence-corrected chi connectivity index (χ0v) is 16.0. The van der Waals surface area contributed by atoms with E-state index in [4.69, 9.17) is 9.47 Å². The van der Waals surface area contributed by atoms with Crippen LogP contribution in [0.25, 0.3) is 16.9 Å². The smallest absolute Gasteiger partial charge is 0.338 e. The number of hydrogen-bond donors (Lipinski definition) is 0. The molecule has 0 atom stereocenters. The van der Waals surface area contributed by atoms with Gasteiger partial charge in [0.1, 0.15) is 17.6 Å². The monoisotopic (exact) mass is 375 g/mol. The Kier molecular flexibility index (Phi) is 5.75. The van der Waals surface area contributed by atoms with E-state index in [2.05, 4.69) is 11.1 Å². The van der Waals surface area contributed by atoms with Crippen LogP contribution in [0.15, 0.2) is 55.0 Å². The number of esters is 1. The number of rotatable bonds is 6. The summed E-state index contributed by atoms with van der Waals surface area (Å²) in [6.07, 6.45) is 5.13. The SMILES string of the molecule is CCOC(=O)c1ccnc(-n2cc(C#N)c(-c3cccc(OC(C)C)c3)c2)c1. The predicted octanol–water partition coefficient (Wildman–Crippen LogP) is 4.37. The lowest BCUT2D eigenvalue weighted by Crippen LogP contribution is -2.06. The number of carbonyl (C=O) groups is 1. The lowest BCUT2D eigenvalue weighted by molar-refractivity contribution is 0.0526. The van der Waals surface area contributed by atoms with E-state index in [1.807, 2.05) is 44.3 Å². The van der Waals surface area contributed by atoms with Crippen LogP contribution in [0.2, 0.25) is 0 Å². The second kappa shape index (κ2) is 8.40. The lowest BCUT2D eigenvalue weighted by Gasteiger charge is -2.10. The van der Waals surface area contributed by atoms with Crippen LogP contribution in [0.3, 0.4) is 0 Å². The number of hydrogen-bond acceptors (Lipinski definition) is 5. The van der Waals surface area contributed by atoms with E-state index in [0.717, 1.165) is 16.9 Å². The number of benzene rings is 1. The summed E-state index contributed by atoms with van der Waals surface area (Å²) in [6, 6.07) is 13.1. The standard InChI is InChI=1S/C22H21N3O3/c1-4-27-22(26)17-8-9-24-21(11-17)25-13-18(12-23)20(14-25)16-6-5-7-19(10-16)28-15(2)3/h5-11,13-15H,4H2,1-3H3. The molecule has 142 valence electrons. The number of nitrogens with zero attached hydrogens (tertiary/aromatic N) is 3. The zero-order valence-electron chi connectivity index (χ0n) is 16.0. The minimum absolute atomic E-state index is 0.0603. The van der Waals surface area contributed by atoms with Crippen molar-refractivity contribution in [3.05, 3.63) is 66.1 Å². The van der Waals surface area contributed by atoms with Gasteiger partial charge in [-0.2, -0.15) is 5.26 Å². The van der Waals surface area contributed by atoms with Gasteiger partial charge in [-0.1, -0.05) is 12.1 Å². The molecule has 0 fully saturated rings. The molecule has 0 aliphatic carbocycles. The molecule has 0 N–H and O–H groups in total. The Labute approximate surface area is 164 Å². The Morgan fingerprint density at radius 3 is 2.79 bits per heavy atom. The Morgan fingerprint density at radius 1 is 1.25 bits per heavy atom. The molecule has 1 aromatic carbocycles. The fourth-order valence-corrected chi connectivity index (χ4v) is 2.82. The first-order chi connectivity index (χ1) is 13.5. The minimum atomic E-state index is -0.405. The van der Waals surface area contributed by atoms with E-state index >= 15 is 0 Å². The number of aromatic nitrogens is 2. The highest BCUT2D eigenvalue weighted by Gasteiger charge is 2.13. The molecule has 3 rings (SSSR count). The third-order valence-corrected chi connectivity index (χ3v) is 3.98. The largest absolute Gasteiger partial charge is 0.491 e. The average molecular weight is 375 g/mol. The van der Waals surface area contributed by atoms with Gasteiger partial charge in [0.05, 0.1) is 23.8 Å². The molecule has 0 saturated heterocycles. The summed E-state index contributed by atoms with van der Waals surface area (Å²) in [4.78, 5) is 16.3. The van der Waals surface area contributed by atoms with Crippen molar-refractivity contribution in [1.82, 2.24) is 9.55 Å². The molecule has 0 aliphatic heterocycles. The van der Waals surface area contributed by atoms with Gasteiger partial charge in [-0.05, 0) is 50.6 Å². The average Bonchev–Trinajstić information content (AvgIpc) is 3.12. The van der Waals surface area contributed by atoms with Crippen molar-refractivity contribution in [3.63, 3.8) is 0 Å². The van der Waals surface area contributed by atoms with Gasteiger partial charge in [-0.25, -0.2) is 9.78 Å². The number of carbonyl (C=O) groups excluding carboxylic acids is 1. The van der Waals surface area contributed by atoms with Crippen LogP contribution in [-0.4, -0.2) is 28.2 Å². The van der Waals surface area contributed by atoms with E-state index in [9.17, 15) is 10.1 Å². The van der Waals surface area contributed by atoms with Crippen molar-refractivity contribution in [3.8, 4) is 28.8 Å². The third-order valence-electron chi connectivity index (χ3n) is 3.98. The van der Waals surface area contributed by atoms with Crippen LogP contribution in [0.1, 0.15) is 36.7 Å². The van der Waals surface area contributed by atoms with Gasteiger partial charge < -0.3 is 14.0 Å². The van der Waals surface area contributed by atoms with E-state index in [1.165, 1.54) is 0 Å². The molecule has 0 amide bonds. The van der Waals surface area contributed by atoms with Crippen molar-refractivity contribution in [2.75, 3.05) is 6.61 Å². The molecule has 6 nitrogen and oxygen atoms in total. The van der Waals surface area contributed by atoms with Crippen LogP contribution in [0.4, 0.5) is 0 Å². The van der Waals surface area contributed by atoms with Crippen molar-refractivity contribution >= 4 is 5.97 Å².